The Morgan fingerprint density at radius 3 is 1.82 bits per heavy atom. The number of unbranched alkanes of at least 4 members (excludes halogenated alkanes) is 9. The summed E-state index contributed by atoms with van der Waals surface area (Å²) in [5.74, 6) is -0.711. The van der Waals surface area contributed by atoms with E-state index >= 15 is 0 Å². The largest absolute Gasteiger partial charge is 0.375 e. The minimum Gasteiger partial charge on any atom is -0.375 e. The first-order valence-electron chi connectivity index (χ1n) is 12.1. The van der Waals surface area contributed by atoms with E-state index in [1.54, 1.807) is 60.7 Å². The van der Waals surface area contributed by atoms with Crippen molar-refractivity contribution in [2.24, 2.45) is 0 Å². The zero-order chi connectivity index (χ0) is 24.0. The molecule has 1 atom stereocenters. The van der Waals surface area contributed by atoms with E-state index in [9.17, 15) is 18.3 Å². The van der Waals surface area contributed by atoms with Crippen molar-refractivity contribution >= 4 is 15.9 Å². The first-order chi connectivity index (χ1) is 15.9. The number of carbonyl (C=O) groups excluding carboxylic acids is 1. The van der Waals surface area contributed by atoms with Crippen LogP contribution in [-0.4, -0.2) is 31.7 Å². The second kappa shape index (κ2) is 14.3. The van der Waals surface area contributed by atoms with Crippen LogP contribution in [0.1, 0.15) is 87.1 Å². The Morgan fingerprint density at radius 2 is 1.27 bits per heavy atom. The lowest BCUT2D eigenvalue weighted by Gasteiger charge is -2.27. The van der Waals surface area contributed by atoms with Gasteiger partial charge in [-0.05, 0) is 12.0 Å². The molecule has 0 amide bonds. The van der Waals surface area contributed by atoms with Gasteiger partial charge in [-0.25, -0.2) is 0 Å². The number of ketones is 1. The Labute approximate surface area is 199 Å². The normalized spacial score (nSPS) is 13.5. The molecule has 0 aromatic heterocycles. The van der Waals surface area contributed by atoms with Gasteiger partial charge in [-0.1, -0.05) is 125 Å². The highest BCUT2D eigenvalue weighted by atomic mass is 32.2. The van der Waals surface area contributed by atoms with E-state index < -0.39 is 28.1 Å². The van der Waals surface area contributed by atoms with Crippen LogP contribution >= 0.6 is 0 Å². The topological polar surface area (TPSA) is 80.7 Å². The third-order valence-electron chi connectivity index (χ3n) is 5.86. The maximum Gasteiger partial charge on any atom is 0.267 e. The average Bonchev–Trinajstić information content (AvgIpc) is 2.84. The van der Waals surface area contributed by atoms with E-state index in [1.807, 2.05) is 0 Å². The van der Waals surface area contributed by atoms with Gasteiger partial charge in [-0.3, -0.25) is 8.98 Å². The van der Waals surface area contributed by atoms with Crippen LogP contribution in [0, 0.1) is 0 Å². The summed E-state index contributed by atoms with van der Waals surface area (Å²) in [6, 6.07) is 16.7. The van der Waals surface area contributed by atoms with E-state index in [2.05, 4.69) is 6.92 Å². The zero-order valence-electron chi connectivity index (χ0n) is 19.7. The molecule has 1 N–H and O–H groups in total. The Bertz CT molecular complexity index is 912. The van der Waals surface area contributed by atoms with E-state index in [-0.39, 0.29) is 5.75 Å². The van der Waals surface area contributed by atoms with Crippen LogP contribution in [0.15, 0.2) is 60.7 Å². The molecule has 5 nitrogen and oxygen atoms in total. The second-order valence-electron chi connectivity index (χ2n) is 8.63. The maximum absolute atomic E-state index is 13.1. The fourth-order valence-corrected chi connectivity index (χ4v) is 4.85. The fourth-order valence-electron chi connectivity index (χ4n) is 3.82. The van der Waals surface area contributed by atoms with Gasteiger partial charge in [0.25, 0.3) is 10.1 Å². The molecule has 0 saturated carbocycles. The number of carbonyl (C=O) groups is 1. The monoisotopic (exact) mass is 474 g/mol. The number of hydrogen-bond acceptors (Lipinski definition) is 5. The van der Waals surface area contributed by atoms with Crippen molar-refractivity contribution in [2.75, 3.05) is 12.4 Å². The highest BCUT2D eigenvalue weighted by molar-refractivity contribution is 7.86. The van der Waals surface area contributed by atoms with E-state index in [4.69, 9.17) is 4.18 Å². The molecule has 0 bridgehead atoms. The van der Waals surface area contributed by atoms with Gasteiger partial charge in [0.15, 0.2) is 5.60 Å². The molecule has 0 aliphatic carbocycles. The summed E-state index contributed by atoms with van der Waals surface area (Å²) in [5, 5.41) is 11.3. The van der Waals surface area contributed by atoms with Crippen LogP contribution in [0.5, 0.6) is 0 Å². The lowest BCUT2D eigenvalue weighted by atomic mass is 9.86. The highest BCUT2D eigenvalue weighted by Crippen LogP contribution is 2.27. The molecule has 2 aromatic carbocycles. The molecule has 2 rings (SSSR count). The van der Waals surface area contributed by atoms with Gasteiger partial charge in [-0.15, -0.1) is 0 Å². The van der Waals surface area contributed by atoms with Gasteiger partial charge < -0.3 is 5.11 Å². The molecule has 6 heteroatoms. The third-order valence-corrected chi connectivity index (χ3v) is 7.12. The molecule has 0 aliphatic heterocycles. The van der Waals surface area contributed by atoms with Gasteiger partial charge in [0.1, 0.15) is 6.61 Å². The summed E-state index contributed by atoms with van der Waals surface area (Å²) in [6.45, 7) is 1.56. The van der Waals surface area contributed by atoms with Crippen molar-refractivity contribution in [2.45, 2.75) is 76.7 Å². The standard InChI is InChI=1S/C27H38O5S/c1-2-3-4-5-6-7-8-9-10-17-22-33(30,31)32-23-27(29,25-20-15-12-16-21-25)26(28)24-18-13-11-14-19-24/h11-16,18-21,29H,2-10,17,22-23H2,1H3. The molecule has 0 heterocycles. The van der Waals surface area contributed by atoms with Crippen molar-refractivity contribution in [1.29, 1.82) is 0 Å². The minimum atomic E-state index is -3.86. The quantitative estimate of drug-likeness (QED) is 0.172. The number of aliphatic hydroxyl groups is 1. The Hall–Kier alpha value is -2.02. The van der Waals surface area contributed by atoms with Crippen molar-refractivity contribution in [3.05, 3.63) is 71.8 Å². The summed E-state index contributed by atoms with van der Waals surface area (Å²) in [5.41, 5.74) is -1.50. The smallest absolute Gasteiger partial charge is 0.267 e. The molecule has 33 heavy (non-hydrogen) atoms. The van der Waals surface area contributed by atoms with Crippen molar-refractivity contribution in [3.63, 3.8) is 0 Å². The van der Waals surface area contributed by atoms with Gasteiger partial charge in [0, 0.05) is 5.56 Å². The third kappa shape index (κ3) is 9.40. The molecule has 0 fully saturated rings. The number of hydrogen-bond donors (Lipinski definition) is 1. The molecule has 0 spiro atoms. The lowest BCUT2D eigenvalue weighted by molar-refractivity contribution is 0.00411. The van der Waals surface area contributed by atoms with Crippen molar-refractivity contribution < 1.29 is 22.5 Å². The SMILES string of the molecule is CCCCCCCCCCCCS(=O)(=O)OCC(O)(C(=O)c1ccccc1)c1ccccc1. The summed E-state index contributed by atoms with van der Waals surface area (Å²) >= 11 is 0. The van der Waals surface area contributed by atoms with Crippen LogP contribution < -0.4 is 0 Å². The first kappa shape index (κ1) is 27.2. The minimum absolute atomic E-state index is 0.117. The molecule has 182 valence electrons. The summed E-state index contributed by atoms with van der Waals surface area (Å²) in [4.78, 5) is 13.1. The predicted molar refractivity (Wildman–Crippen MR) is 133 cm³/mol. The van der Waals surface area contributed by atoms with Gasteiger partial charge in [0.2, 0.25) is 5.78 Å². The van der Waals surface area contributed by atoms with E-state index in [1.165, 1.54) is 38.5 Å². The van der Waals surface area contributed by atoms with Gasteiger partial charge in [0.05, 0.1) is 5.75 Å². The predicted octanol–water partition coefficient (Wildman–Crippen LogP) is 6.02. The summed E-state index contributed by atoms with van der Waals surface area (Å²) in [7, 11) is -3.86. The van der Waals surface area contributed by atoms with Crippen molar-refractivity contribution in [1.82, 2.24) is 0 Å². The Balaban J connectivity index is 1.86. The van der Waals surface area contributed by atoms with Gasteiger partial charge in [-0.2, -0.15) is 8.42 Å². The van der Waals surface area contributed by atoms with E-state index in [0.717, 1.165) is 19.3 Å². The summed E-state index contributed by atoms with van der Waals surface area (Å²) in [6.07, 6.45) is 11.0. The van der Waals surface area contributed by atoms with Crippen LogP contribution in [-0.2, 0) is 19.9 Å². The number of rotatable bonds is 17. The van der Waals surface area contributed by atoms with Crippen LogP contribution in [0.4, 0.5) is 0 Å². The average molecular weight is 475 g/mol. The van der Waals surface area contributed by atoms with E-state index in [0.29, 0.717) is 17.5 Å². The molecule has 0 saturated heterocycles. The van der Waals surface area contributed by atoms with Crippen molar-refractivity contribution in [3.8, 4) is 0 Å². The van der Waals surface area contributed by atoms with Crippen LogP contribution in [0.3, 0.4) is 0 Å². The zero-order valence-corrected chi connectivity index (χ0v) is 20.6. The molecule has 0 aliphatic rings. The maximum atomic E-state index is 13.1. The van der Waals surface area contributed by atoms with Crippen LogP contribution in [0.2, 0.25) is 0 Å². The molecular weight excluding hydrogens is 436 g/mol. The molecule has 0 radical (unpaired) electrons. The number of Topliss-reactive ketones (excluding diaryl/α,β-unsaturated/α-hetero) is 1. The molecule has 1 unspecified atom stereocenters. The Morgan fingerprint density at radius 1 is 0.788 bits per heavy atom. The fraction of sp³-hybridized carbons (Fsp3) is 0.519. The van der Waals surface area contributed by atoms with Crippen LogP contribution in [0.25, 0.3) is 0 Å². The highest BCUT2D eigenvalue weighted by Gasteiger charge is 2.40. The first-order valence-corrected chi connectivity index (χ1v) is 13.7. The second-order valence-corrected chi connectivity index (χ2v) is 10.4. The summed E-state index contributed by atoms with van der Waals surface area (Å²) < 4.78 is 30.1. The lowest BCUT2D eigenvalue weighted by Crippen LogP contribution is -2.41. The molecule has 2 aromatic rings. The molecular formula is C27H38O5S. The van der Waals surface area contributed by atoms with Gasteiger partial charge >= 0.3 is 0 Å². The Kier molecular flexibility index (Phi) is 11.8. The number of benzene rings is 2.